The monoisotopic (exact) mass is 348 g/mol. The minimum absolute atomic E-state index is 0.158. The van der Waals surface area contributed by atoms with E-state index in [1.807, 2.05) is 6.92 Å². The lowest BCUT2D eigenvalue weighted by atomic mass is 10.1. The van der Waals surface area contributed by atoms with Crippen LogP contribution in [0.25, 0.3) is 0 Å². The molecule has 1 aromatic heterocycles. The van der Waals surface area contributed by atoms with Gasteiger partial charge in [-0.2, -0.15) is 0 Å². The van der Waals surface area contributed by atoms with Crippen molar-refractivity contribution in [1.82, 2.24) is 10.5 Å². The Labute approximate surface area is 145 Å². The predicted octanol–water partition coefficient (Wildman–Crippen LogP) is 2.27. The average molecular weight is 348 g/mol. The molecule has 0 saturated heterocycles. The highest BCUT2D eigenvalue weighted by atomic mass is 19.1. The first kappa shape index (κ1) is 18.6. The first-order valence-corrected chi connectivity index (χ1v) is 8.04. The molecule has 0 radical (unpaired) electrons. The van der Waals surface area contributed by atoms with Gasteiger partial charge in [-0.3, -0.25) is 9.59 Å². The van der Waals surface area contributed by atoms with Gasteiger partial charge < -0.3 is 14.6 Å². The second-order valence-electron chi connectivity index (χ2n) is 5.69. The van der Waals surface area contributed by atoms with Gasteiger partial charge in [0.15, 0.2) is 6.61 Å². The number of esters is 1. The molecule has 6 nitrogen and oxygen atoms in total. The highest BCUT2D eigenvalue weighted by Crippen LogP contribution is 2.14. The maximum absolute atomic E-state index is 12.8. The van der Waals surface area contributed by atoms with Crippen LogP contribution >= 0.6 is 0 Å². The molecule has 2 rings (SSSR count). The summed E-state index contributed by atoms with van der Waals surface area (Å²) in [5, 5.41) is 6.47. The Morgan fingerprint density at radius 1 is 1.20 bits per heavy atom. The summed E-state index contributed by atoms with van der Waals surface area (Å²) in [4.78, 5) is 23.4. The molecule has 0 fully saturated rings. The summed E-state index contributed by atoms with van der Waals surface area (Å²) in [5.41, 5.74) is 2.56. The minimum atomic E-state index is -0.450. The van der Waals surface area contributed by atoms with Crippen LogP contribution in [0.5, 0.6) is 0 Å². The number of carbonyl (C=O) groups is 2. The van der Waals surface area contributed by atoms with E-state index in [4.69, 9.17) is 9.26 Å². The Kier molecular flexibility index (Phi) is 6.68. The fourth-order valence-electron chi connectivity index (χ4n) is 2.35. The third-order valence-corrected chi connectivity index (χ3v) is 3.77. The quantitative estimate of drug-likeness (QED) is 0.740. The minimum Gasteiger partial charge on any atom is -0.456 e. The Balaban J connectivity index is 1.62. The van der Waals surface area contributed by atoms with Crippen LogP contribution in [0.4, 0.5) is 4.39 Å². The van der Waals surface area contributed by atoms with Crippen LogP contribution in [-0.2, 0) is 27.2 Å². The van der Waals surface area contributed by atoms with Crippen LogP contribution in [0, 0.1) is 19.7 Å². The first-order chi connectivity index (χ1) is 12.0. The van der Waals surface area contributed by atoms with E-state index < -0.39 is 5.97 Å². The summed E-state index contributed by atoms with van der Waals surface area (Å²) >= 11 is 0. The fourth-order valence-corrected chi connectivity index (χ4v) is 2.35. The van der Waals surface area contributed by atoms with Gasteiger partial charge in [-0.15, -0.1) is 0 Å². The van der Waals surface area contributed by atoms with Crippen LogP contribution < -0.4 is 5.32 Å². The number of aryl methyl sites for hydroxylation is 2. The molecule has 134 valence electrons. The van der Waals surface area contributed by atoms with Crippen LogP contribution in [0.1, 0.15) is 29.0 Å². The highest BCUT2D eigenvalue weighted by molar-refractivity contribution is 5.80. The molecule has 7 heteroatoms. The zero-order valence-corrected chi connectivity index (χ0v) is 14.3. The molecule has 1 N–H and O–H groups in total. The van der Waals surface area contributed by atoms with Gasteiger partial charge in [0, 0.05) is 18.5 Å². The molecular weight excluding hydrogens is 327 g/mol. The number of hydrogen-bond donors (Lipinski definition) is 1. The van der Waals surface area contributed by atoms with Crippen molar-refractivity contribution in [2.45, 2.75) is 33.1 Å². The van der Waals surface area contributed by atoms with Gasteiger partial charge in [0.1, 0.15) is 11.6 Å². The third kappa shape index (κ3) is 6.02. The number of halogens is 1. The Hall–Kier alpha value is -2.70. The van der Waals surface area contributed by atoms with Crippen molar-refractivity contribution < 1.29 is 23.2 Å². The lowest BCUT2D eigenvalue weighted by Gasteiger charge is -2.07. The molecule has 0 spiro atoms. The summed E-state index contributed by atoms with van der Waals surface area (Å²) in [5.74, 6) is -0.429. The maximum Gasteiger partial charge on any atom is 0.306 e. The lowest BCUT2D eigenvalue weighted by molar-refractivity contribution is -0.148. The second kappa shape index (κ2) is 8.96. The van der Waals surface area contributed by atoms with Gasteiger partial charge in [0.05, 0.1) is 5.69 Å². The van der Waals surface area contributed by atoms with Gasteiger partial charge in [0.25, 0.3) is 5.91 Å². The van der Waals surface area contributed by atoms with Crippen molar-refractivity contribution in [1.29, 1.82) is 0 Å². The largest absolute Gasteiger partial charge is 0.456 e. The van der Waals surface area contributed by atoms with E-state index in [2.05, 4.69) is 10.5 Å². The van der Waals surface area contributed by atoms with Gasteiger partial charge >= 0.3 is 5.97 Å². The standard InChI is InChI=1S/C18H21FN2O4/c1-12-16(13(2)25-21-12)7-8-18(23)24-11-17(22)20-10-9-14-3-5-15(19)6-4-14/h3-6H,7-11H2,1-2H3,(H,20,22). The number of nitrogens with zero attached hydrogens (tertiary/aromatic N) is 1. The van der Waals surface area contributed by atoms with E-state index in [1.165, 1.54) is 12.1 Å². The molecule has 0 aliphatic carbocycles. The fraction of sp³-hybridized carbons (Fsp3) is 0.389. The molecule has 1 heterocycles. The number of amides is 1. The van der Waals surface area contributed by atoms with Gasteiger partial charge in [-0.05, 0) is 44.4 Å². The van der Waals surface area contributed by atoms with E-state index >= 15 is 0 Å². The number of carbonyl (C=O) groups excluding carboxylic acids is 2. The smallest absolute Gasteiger partial charge is 0.306 e. The summed E-state index contributed by atoms with van der Waals surface area (Å²) in [7, 11) is 0. The third-order valence-electron chi connectivity index (χ3n) is 3.77. The van der Waals surface area contributed by atoms with E-state index in [0.29, 0.717) is 25.1 Å². The van der Waals surface area contributed by atoms with E-state index in [9.17, 15) is 14.0 Å². The van der Waals surface area contributed by atoms with E-state index in [0.717, 1.165) is 16.8 Å². The number of benzene rings is 1. The molecule has 0 saturated carbocycles. The van der Waals surface area contributed by atoms with Crippen molar-refractivity contribution >= 4 is 11.9 Å². The predicted molar refractivity (Wildman–Crippen MR) is 88.4 cm³/mol. The van der Waals surface area contributed by atoms with E-state index in [1.54, 1.807) is 19.1 Å². The van der Waals surface area contributed by atoms with Crippen molar-refractivity contribution in [3.8, 4) is 0 Å². The molecular formula is C18H21FN2O4. The molecule has 0 atom stereocenters. The SMILES string of the molecule is Cc1noc(C)c1CCC(=O)OCC(=O)NCCc1ccc(F)cc1. The highest BCUT2D eigenvalue weighted by Gasteiger charge is 2.13. The molecule has 1 amide bonds. The maximum atomic E-state index is 12.8. The molecule has 25 heavy (non-hydrogen) atoms. The number of ether oxygens (including phenoxy) is 1. The first-order valence-electron chi connectivity index (χ1n) is 8.04. The topological polar surface area (TPSA) is 81.4 Å². The van der Waals surface area contributed by atoms with Crippen molar-refractivity contribution in [3.05, 3.63) is 52.7 Å². The number of nitrogens with one attached hydrogen (secondary N) is 1. The second-order valence-corrected chi connectivity index (χ2v) is 5.69. The van der Waals surface area contributed by atoms with Crippen molar-refractivity contribution in [2.75, 3.05) is 13.2 Å². The van der Waals surface area contributed by atoms with Crippen molar-refractivity contribution in [2.24, 2.45) is 0 Å². The molecule has 1 aromatic carbocycles. The number of rotatable bonds is 8. The summed E-state index contributed by atoms with van der Waals surface area (Å²) in [6.45, 7) is 3.67. The van der Waals surface area contributed by atoms with E-state index in [-0.39, 0.29) is 24.8 Å². The Morgan fingerprint density at radius 2 is 1.92 bits per heavy atom. The molecule has 2 aromatic rings. The number of aromatic nitrogens is 1. The van der Waals surface area contributed by atoms with Crippen LogP contribution in [0.3, 0.4) is 0 Å². The molecule has 0 aliphatic heterocycles. The van der Waals surface area contributed by atoms with Gasteiger partial charge in [-0.25, -0.2) is 4.39 Å². The summed E-state index contributed by atoms with van der Waals surface area (Å²) in [6.07, 6.45) is 1.20. The molecule has 0 aliphatic rings. The normalized spacial score (nSPS) is 10.5. The van der Waals surface area contributed by atoms with Gasteiger partial charge in [-0.1, -0.05) is 17.3 Å². The molecule has 0 bridgehead atoms. The zero-order valence-electron chi connectivity index (χ0n) is 14.3. The number of hydrogen-bond acceptors (Lipinski definition) is 5. The van der Waals surface area contributed by atoms with Crippen LogP contribution in [0.15, 0.2) is 28.8 Å². The summed E-state index contributed by atoms with van der Waals surface area (Å²) < 4.78 is 22.8. The average Bonchev–Trinajstić information content (AvgIpc) is 2.91. The van der Waals surface area contributed by atoms with Gasteiger partial charge in [0.2, 0.25) is 0 Å². The summed E-state index contributed by atoms with van der Waals surface area (Å²) in [6, 6.07) is 6.07. The van der Waals surface area contributed by atoms with Crippen LogP contribution in [0.2, 0.25) is 0 Å². The molecule has 0 unspecified atom stereocenters. The van der Waals surface area contributed by atoms with Crippen LogP contribution in [-0.4, -0.2) is 30.2 Å². The Bertz CT molecular complexity index is 706. The lowest BCUT2D eigenvalue weighted by Crippen LogP contribution is -2.30. The van der Waals surface area contributed by atoms with Crippen molar-refractivity contribution in [3.63, 3.8) is 0 Å². The zero-order chi connectivity index (χ0) is 18.2. The Morgan fingerprint density at radius 3 is 2.56 bits per heavy atom.